The standard InChI is InChI=1S/C25H29F2N3O3/c1-3-21(13-18-7-5-9-25(32)33-12-6-8-18)30(4-2)11-10-29-24(31)16-19-14-23(27)20(17-28)15-22(19)26/h5-9,14-15,21H,3-4,10-13,16H2,1-2H3,(H,29,31)/b8-6+,9-5+,18-7+. The first-order chi connectivity index (χ1) is 15.9. The molecule has 2 rings (SSSR count). The SMILES string of the molecule is CCC(CC1=C/C=C/C(=O)OC\C=C\1)N(CC)CCNC(=O)Cc1cc(F)c(C#N)cc1F. The quantitative estimate of drug-likeness (QED) is 0.543. The van der Waals surface area contributed by atoms with Gasteiger partial charge in [-0.15, -0.1) is 0 Å². The van der Waals surface area contributed by atoms with Crippen LogP contribution in [0.1, 0.15) is 37.8 Å². The first-order valence-corrected chi connectivity index (χ1v) is 11.0. The molecule has 33 heavy (non-hydrogen) atoms. The number of cyclic esters (lactones) is 1. The van der Waals surface area contributed by atoms with E-state index in [1.165, 1.54) is 6.08 Å². The number of amides is 1. The lowest BCUT2D eigenvalue weighted by Crippen LogP contribution is -2.41. The van der Waals surface area contributed by atoms with Gasteiger partial charge < -0.3 is 10.1 Å². The Morgan fingerprint density at radius 2 is 2.06 bits per heavy atom. The monoisotopic (exact) mass is 457 g/mol. The smallest absolute Gasteiger partial charge is 0.331 e. The molecule has 1 unspecified atom stereocenters. The Hall–Kier alpha value is -3.31. The highest BCUT2D eigenvalue weighted by Crippen LogP contribution is 2.17. The maximum absolute atomic E-state index is 14.0. The molecule has 1 amide bonds. The van der Waals surface area contributed by atoms with Crippen LogP contribution < -0.4 is 5.32 Å². The number of carbonyl (C=O) groups excluding carboxylic acids is 2. The molecule has 1 aromatic carbocycles. The molecular weight excluding hydrogens is 428 g/mol. The van der Waals surface area contributed by atoms with Crippen molar-refractivity contribution in [2.75, 3.05) is 26.2 Å². The molecule has 0 saturated carbocycles. The third-order valence-electron chi connectivity index (χ3n) is 5.39. The Morgan fingerprint density at radius 1 is 1.27 bits per heavy atom. The average Bonchev–Trinajstić information content (AvgIpc) is 2.89. The van der Waals surface area contributed by atoms with Crippen LogP contribution in [0.2, 0.25) is 0 Å². The predicted octanol–water partition coefficient (Wildman–Crippen LogP) is 3.58. The second-order valence-electron chi connectivity index (χ2n) is 7.59. The Bertz CT molecular complexity index is 980. The molecule has 1 aromatic rings. The molecule has 0 aliphatic carbocycles. The number of hydrogen-bond donors (Lipinski definition) is 1. The Balaban J connectivity index is 1.92. The minimum absolute atomic E-state index is 0.0859. The van der Waals surface area contributed by atoms with Crippen LogP contribution in [0.4, 0.5) is 8.78 Å². The molecule has 6 nitrogen and oxygen atoms in total. The summed E-state index contributed by atoms with van der Waals surface area (Å²) in [6.45, 7) is 6.10. The van der Waals surface area contributed by atoms with Crippen molar-refractivity contribution < 1.29 is 23.1 Å². The molecule has 0 bridgehead atoms. The van der Waals surface area contributed by atoms with E-state index in [2.05, 4.69) is 17.1 Å². The predicted molar refractivity (Wildman–Crippen MR) is 121 cm³/mol. The van der Waals surface area contributed by atoms with E-state index < -0.39 is 17.5 Å². The number of nitriles is 1. The highest BCUT2D eigenvalue weighted by molar-refractivity contribution is 5.82. The van der Waals surface area contributed by atoms with Gasteiger partial charge in [-0.3, -0.25) is 9.69 Å². The molecule has 176 valence electrons. The van der Waals surface area contributed by atoms with E-state index in [0.717, 1.165) is 37.1 Å². The summed E-state index contributed by atoms with van der Waals surface area (Å²) < 4.78 is 32.7. The maximum atomic E-state index is 14.0. The number of likely N-dealkylation sites (N-methyl/N-ethyl adjacent to an activating group) is 1. The van der Waals surface area contributed by atoms with Crippen molar-refractivity contribution >= 4 is 11.9 Å². The molecular formula is C25H29F2N3O3. The van der Waals surface area contributed by atoms with Gasteiger partial charge >= 0.3 is 5.97 Å². The number of rotatable bonds is 10. The molecule has 0 spiro atoms. The van der Waals surface area contributed by atoms with Crippen LogP contribution in [0.25, 0.3) is 0 Å². The average molecular weight is 458 g/mol. The van der Waals surface area contributed by atoms with Gasteiger partial charge in [0.15, 0.2) is 0 Å². The second kappa shape index (κ2) is 13.3. The van der Waals surface area contributed by atoms with E-state index >= 15 is 0 Å². The summed E-state index contributed by atoms with van der Waals surface area (Å²) in [4.78, 5) is 25.9. The highest BCUT2D eigenvalue weighted by atomic mass is 19.1. The fraction of sp³-hybridized carbons (Fsp3) is 0.400. The third-order valence-corrected chi connectivity index (χ3v) is 5.39. The molecule has 0 fully saturated rings. The number of benzene rings is 1. The number of ether oxygens (including phenoxy) is 1. The Kier molecular flexibility index (Phi) is 10.4. The van der Waals surface area contributed by atoms with Crippen molar-refractivity contribution in [2.24, 2.45) is 0 Å². The van der Waals surface area contributed by atoms with Crippen LogP contribution in [-0.4, -0.2) is 49.1 Å². The van der Waals surface area contributed by atoms with Crippen molar-refractivity contribution in [2.45, 2.75) is 39.2 Å². The summed E-state index contributed by atoms with van der Waals surface area (Å²) in [7, 11) is 0. The van der Waals surface area contributed by atoms with Gasteiger partial charge in [-0.2, -0.15) is 5.26 Å². The second-order valence-corrected chi connectivity index (χ2v) is 7.59. The third kappa shape index (κ3) is 8.28. The minimum atomic E-state index is -0.844. The minimum Gasteiger partial charge on any atom is -0.458 e. The summed E-state index contributed by atoms with van der Waals surface area (Å²) in [5, 5.41) is 11.5. The number of esters is 1. The molecule has 8 heteroatoms. The number of halogens is 2. The van der Waals surface area contributed by atoms with Crippen LogP contribution in [0.15, 0.2) is 48.1 Å². The Morgan fingerprint density at radius 3 is 2.76 bits per heavy atom. The van der Waals surface area contributed by atoms with Crippen LogP contribution in [0, 0.1) is 23.0 Å². The molecule has 1 aliphatic rings. The molecule has 1 N–H and O–H groups in total. The van der Waals surface area contributed by atoms with E-state index in [9.17, 15) is 18.4 Å². The van der Waals surface area contributed by atoms with Gasteiger partial charge in [0.05, 0.1) is 12.0 Å². The highest BCUT2D eigenvalue weighted by Gasteiger charge is 2.17. The van der Waals surface area contributed by atoms with Crippen LogP contribution >= 0.6 is 0 Å². The van der Waals surface area contributed by atoms with Gasteiger partial charge in [-0.05, 0) is 43.2 Å². The van der Waals surface area contributed by atoms with Gasteiger partial charge in [0.2, 0.25) is 5.91 Å². The molecule has 0 saturated heterocycles. The number of hydrogen-bond acceptors (Lipinski definition) is 5. The van der Waals surface area contributed by atoms with E-state index in [1.807, 2.05) is 25.2 Å². The summed E-state index contributed by atoms with van der Waals surface area (Å²) in [6.07, 6.45) is 10.1. The van der Waals surface area contributed by atoms with Crippen molar-refractivity contribution in [1.82, 2.24) is 10.2 Å². The van der Waals surface area contributed by atoms with Crippen LogP contribution in [0.5, 0.6) is 0 Å². The van der Waals surface area contributed by atoms with Crippen molar-refractivity contribution in [1.29, 1.82) is 5.26 Å². The molecule has 1 atom stereocenters. The van der Waals surface area contributed by atoms with Gasteiger partial charge in [0, 0.05) is 30.8 Å². The topological polar surface area (TPSA) is 82.4 Å². The lowest BCUT2D eigenvalue weighted by Gasteiger charge is -2.30. The normalized spacial score (nSPS) is 18.1. The molecule has 1 heterocycles. The zero-order valence-electron chi connectivity index (χ0n) is 18.9. The summed E-state index contributed by atoms with van der Waals surface area (Å²) >= 11 is 0. The van der Waals surface area contributed by atoms with Crippen LogP contribution in [0.3, 0.4) is 0 Å². The molecule has 0 radical (unpaired) electrons. The van der Waals surface area contributed by atoms with Crippen molar-refractivity contribution in [3.8, 4) is 6.07 Å². The first kappa shape index (κ1) is 25.9. The first-order valence-electron chi connectivity index (χ1n) is 11.0. The fourth-order valence-corrected chi connectivity index (χ4v) is 3.61. The summed E-state index contributed by atoms with van der Waals surface area (Å²) in [6, 6.07) is 3.49. The summed E-state index contributed by atoms with van der Waals surface area (Å²) in [5.41, 5.74) is 0.592. The van der Waals surface area contributed by atoms with Gasteiger partial charge in [-0.1, -0.05) is 32.1 Å². The number of carbonyl (C=O) groups is 2. The zero-order valence-corrected chi connectivity index (χ0v) is 18.9. The largest absolute Gasteiger partial charge is 0.458 e. The van der Waals surface area contributed by atoms with Gasteiger partial charge in [0.25, 0.3) is 0 Å². The fourth-order valence-electron chi connectivity index (χ4n) is 3.61. The summed E-state index contributed by atoms with van der Waals surface area (Å²) in [5.74, 6) is -2.41. The van der Waals surface area contributed by atoms with Crippen molar-refractivity contribution in [3.05, 3.63) is 70.8 Å². The van der Waals surface area contributed by atoms with E-state index in [1.54, 1.807) is 12.1 Å². The lowest BCUT2D eigenvalue weighted by molar-refractivity contribution is -0.136. The zero-order chi connectivity index (χ0) is 24.2. The maximum Gasteiger partial charge on any atom is 0.331 e. The van der Waals surface area contributed by atoms with Crippen molar-refractivity contribution in [3.63, 3.8) is 0 Å². The van der Waals surface area contributed by atoms with Gasteiger partial charge in [-0.25, -0.2) is 13.6 Å². The number of allylic oxidation sites excluding steroid dienone is 3. The van der Waals surface area contributed by atoms with E-state index in [-0.39, 0.29) is 36.2 Å². The number of nitrogens with one attached hydrogen (secondary N) is 1. The lowest BCUT2D eigenvalue weighted by atomic mass is 10.0. The van der Waals surface area contributed by atoms with Gasteiger partial charge in [0.1, 0.15) is 24.3 Å². The van der Waals surface area contributed by atoms with E-state index in [0.29, 0.717) is 13.1 Å². The van der Waals surface area contributed by atoms with Crippen LogP contribution in [-0.2, 0) is 20.7 Å². The Labute approximate surface area is 193 Å². The molecule has 1 aliphatic heterocycles. The molecule has 0 aromatic heterocycles. The van der Waals surface area contributed by atoms with E-state index in [4.69, 9.17) is 10.00 Å². The number of nitrogens with zero attached hydrogens (tertiary/aromatic N) is 2.